The number of nitrogens with zero attached hydrogens (tertiary/aromatic N) is 3. The van der Waals surface area contributed by atoms with Gasteiger partial charge >= 0.3 is 5.97 Å². The molecule has 0 N–H and O–H groups in total. The fraction of sp³-hybridized carbons (Fsp3) is 0.364. The van der Waals surface area contributed by atoms with Crippen LogP contribution in [0.5, 0.6) is 17.2 Å². The minimum absolute atomic E-state index is 0.00200. The SMILES string of the molecule is COC(=O)c1ccc(C(=O)N2CCCN2C(=O)Cc2ccc(OC)c(OC)c2OC)nc1. The normalized spacial score (nSPS) is 13.0. The lowest BCUT2D eigenvalue weighted by Crippen LogP contribution is -2.45. The molecule has 1 aromatic carbocycles. The maximum absolute atomic E-state index is 13.1. The van der Waals surface area contributed by atoms with Gasteiger partial charge in [-0.15, -0.1) is 0 Å². The van der Waals surface area contributed by atoms with Crippen LogP contribution >= 0.6 is 0 Å². The number of benzene rings is 1. The largest absolute Gasteiger partial charge is 0.493 e. The Morgan fingerprint density at radius 2 is 1.62 bits per heavy atom. The maximum atomic E-state index is 13.1. The summed E-state index contributed by atoms with van der Waals surface area (Å²) in [7, 11) is 5.76. The van der Waals surface area contributed by atoms with Crippen LogP contribution in [0.4, 0.5) is 0 Å². The third-order valence-corrected chi connectivity index (χ3v) is 5.08. The fourth-order valence-corrected chi connectivity index (χ4v) is 3.53. The molecule has 0 bridgehead atoms. The highest BCUT2D eigenvalue weighted by Crippen LogP contribution is 2.40. The van der Waals surface area contributed by atoms with Crippen molar-refractivity contribution in [2.24, 2.45) is 0 Å². The van der Waals surface area contributed by atoms with Crippen LogP contribution < -0.4 is 14.2 Å². The van der Waals surface area contributed by atoms with Gasteiger partial charge in [-0.2, -0.15) is 0 Å². The third-order valence-electron chi connectivity index (χ3n) is 5.08. The van der Waals surface area contributed by atoms with E-state index in [0.29, 0.717) is 42.3 Å². The summed E-state index contributed by atoms with van der Waals surface area (Å²) in [5, 5.41) is 2.78. The van der Waals surface area contributed by atoms with Crippen molar-refractivity contribution in [1.82, 2.24) is 15.0 Å². The number of hydrogen-bond acceptors (Lipinski definition) is 8. The molecule has 10 nitrogen and oxygen atoms in total. The first-order valence-electron chi connectivity index (χ1n) is 9.89. The minimum atomic E-state index is -0.543. The number of hydrazine groups is 1. The van der Waals surface area contributed by atoms with Gasteiger partial charge in [-0.25, -0.2) is 9.80 Å². The molecule has 1 fully saturated rings. The predicted molar refractivity (Wildman–Crippen MR) is 113 cm³/mol. The van der Waals surface area contributed by atoms with Crippen molar-refractivity contribution in [2.75, 3.05) is 41.5 Å². The molecule has 1 aromatic heterocycles. The summed E-state index contributed by atoms with van der Waals surface area (Å²) in [6.45, 7) is 0.786. The summed E-state index contributed by atoms with van der Waals surface area (Å²) in [6, 6.07) is 6.33. The second kappa shape index (κ2) is 9.99. The van der Waals surface area contributed by atoms with Gasteiger partial charge < -0.3 is 18.9 Å². The molecular weight excluding hydrogens is 418 g/mol. The van der Waals surface area contributed by atoms with Crippen LogP contribution in [0.25, 0.3) is 0 Å². The van der Waals surface area contributed by atoms with Crippen LogP contribution in [0.1, 0.15) is 32.8 Å². The Bertz CT molecular complexity index is 1010. The van der Waals surface area contributed by atoms with Gasteiger partial charge in [0.2, 0.25) is 11.7 Å². The van der Waals surface area contributed by atoms with Crippen LogP contribution in [-0.4, -0.2) is 74.3 Å². The summed E-state index contributed by atoms with van der Waals surface area (Å²) < 4.78 is 20.7. The molecule has 0 unspecified atom stereocenters. The molecule has 2 heterocycles. The Kier molecular flexibility index (Phi) is 7.14. The standard InChI is InChI=1S/C22H25N3O7/c1-29-17-9-7-14(19(30-2)20(17)31-3)12-18(26)24-10-5-11-25(24)21(27)16-8-6-15(13-23-16)22(28)32-4/h6-9,13H,5,10-12H2,1-4H3. The molecule has 0 spiro atoms. The lowest BCUT2D eigenvalue weighted by molar-refractivity contribution is -0.139. The van der Waals surface area contributed by atoms with Gasteiger partial charge in [0, 0.05) is 24.8 Å². The molecule has 0 radical (unpaired) electrons. The lowest BCUT2D eigenvalue weighted by Gasteiger charge is -2.28. The van der Waals surface area contributed by atoms with E-state index in [4.69, 9.17) is 14.2 Å². The monoisotopic (exact) mass is 443 g/mol. The molecule has 1 saturated heterocycles. The smallest absolute Gasteiger partial charge is 0.339 e. The van der Waals surface area contributed by atoms with Crippen molar-refractivity contribution in [1.29, 1.82) is 0 Å². The van der Waals surface area contributed by atoms with Gasteiger partial charge in [-0.05, 0) is 24.6 Å². The third kappa shape index (κ3) is 4.43. The van der Waals surface area contributed by atoms with Crippen molar-refractivity contribution in [3.8, 4) is 17.2 Å². The Morgan fingerprint density at radius 1 is 0.906 bits per heavy atom. The van der Waals surface area contributed by atoms with E-state index in [1.165, 1.54) is 56.8 Å². The zero-order valence-corrected chi connectivity index (χ0v) is 18.4. The Labute approximate surface area is 185 Å². The first kappa shape index (κ1) is 22.9. The Balaban J connectivity index is 1.79. The molecule has 2 aromatic rings. The molecule has 32 heavy (non-hydrogen) atoms. The van der Waals surface area contributed by atoms with E-state index in [1.807, 2.05) is 0 Å². The van der Waals surface area contributed by atoms with Crippen LogP contribution in [0, 0.1) is 0 Å². The first-order valence-corrected chi connectivity index (χ1v) is 9.89. The number of methoxy groups -OCH3 is 4. The average molecular weight is 443 g/mol. The number of rotatable bonds is 7. The van der Waals surface area contributed by atoms with Gasteiger partial charge in [-0.1, -0.05) is 6.07 Å². The summed E-state index contributed by atoms with van der Waals surface area (Å²) in [5.41, 5.74) is 0.968. The molecule has 3 rings (SSSR count). The highest BCUT2D eigenvalue weighted by molar-refractivity contribution is 5.95. The van der Waals surface area contributed by atoms with Gasteiger partial charge in [0.05, 0.1) is 40.4 Å². The van der Waals surface area contributed by atoms with Crippen LogP contribution in [0.3, 0.4) is 0 Å². The molecular formula is C22H25N3O7. The number of amides is 2. The highest BCUT2D eigenvalue weighted by atomic mass is 16.5. The summed E-state index contributed by atoms with van der Waals surface area (Å²) in [6.07, 6.45) is 1.92. The Morgan fingerprint density at radius 3 is 2.22 bits per heavy atom. The molecule has 10 heteroatoms. The first-order chi connectivity index (χ1) is 15.4. The fourth-order valence-electron chi connectivity index (χ4n) is 3.53. The number of hydrogen-bond donors (Lipinski definition) is 0. The molecule has 1 aliphatic rings. The molecule has 1 aliphatic heterocycles. The van der Waals surface area contributed by atoms with Crippen LogP contribution in [0.15, 0.2) is 30.5 Å². The van der Waals surface area contributed by atoms with E-state index in [-0.39, 0.29) is 23.6 Å². The van der Waals surface area contributed by atoms with E-state index in [9.17, 15) is 14.4 Å². The van der Waals surface area contributed by atoms with Crippen LogP contribution in [0.2, 0.25) is 0 Å². The molecule has 0 aliphatic carbocycles. The minimum Gasteiger partial charge on any atom is -0.493 e. The van der Waals surface area contributed by atoms with Crippen molar-refractivity contribution < 1.29 is 33.3 Å². The summed E-state index contributed by atoms with van der Waals surface area (Å²) >= 11 is 0. The van der Waals surface area contributed by atoms with Gasteiger partial charge in [-0.3, -0.25) is 19.6 Å². The van der Waals surface area contributed by atoms with E-state index in [2.05, 4.69) is 9.72 Å². The van der Waals surface area contributed by atoms with Crippen molar-refractivity contribution in [3.05, 3.63) is 47.3 Å². The van der Waals surface area contributed by atoms with E-state index >= 15 is 0 Å². The van der Waals surface area contributed by atoms with Crippen LogP contribution in [-0.2, 0) is 16.0 Å². The summed E-state index contributed by atoms with van der Waals surface area (Å²) in [5.74, 6) is 0.0410. The van der Waals surface area contributed by atoms with Gasteiger partial charge in [0.1, 0.15) is 5.69 Å². The number of esters is 1. The van der Waals surface area contributed by atoms with Gasteiger partial charge in [0.25, 0.3) is 5.91 Å². The van der Waals surface area contributed by atoms with Crippen molar-refractivity contribution in [3.63, 3.8) is 0 Å². The quantitative estimate of drug-likeness (QED) is 0.596. The number of pyridine rings is 1. The number of carbonyl (C=O) groups is 3. The number of ether oxygens (including phenoxy) is 4. The second-order valence-electron chi connectivity index (χ2n) is 6.89. The van der Waals surface area contributed by atoms with Gasteiger partial charge in [0.15, 0.2) is 11.5 Å². The van der Waals surface area contributed by atoms with Crippen molar-refractivity contribution in [2.45, 2.75) is 12.8 Å². The summed E-state index contributed by atoms with van der Waals surface area (Å²) in [4.78, 5) is 41.7. The predicted octanol–water partition coefficient (Wildman–Crippen LogP) is 1.73. The highest BCUT2D eigenvalue weighted by Gasteiger charge is 2.32. The number of carbonyl (C=O) groups excluding carboxylic acids is 3. The topological polar surface area (TPSA) is 108 Å². The molecule has 0 atom stereocenters. The Hall–Kier alpha value is -3.82. The zero-order chi connectivity index (χ0) is 23.3. The van der Waals surface area contributed by atoms with E-state index < -0.39 is 11.9 Å². The second-order valence-corrected chi connectivity index (χ2v) is 6.89. The number of aromatic nitrogens is 1. The zero-order valence-electron chi connectivity index (χ0n) is 18.4. The molecule has 2 amide bonds. The van der Waals surface area contributed by atoms with Crippen molar-refractivity contribution >= 4 is 17.8 Å². The van der Waals surface area contributed by atoms with E-state index in [1.54, 1.807) is 12.1 Å². The lowest BCUT2D eigenvalue weighted by atomic mass is 10.1. The molecule has 170 valence electrons. The maximum Gasteiger partial charge on any atom is 0.339 e. The van der Waals surface area contributed by atoms with E-state index in [0.717, 1.165) is 0 Å². The molecule has 0 saturated carbocycles. The average Bonchev–Trinajstić information content (AvgIpc) is 3.32.